The van der Waals surface area contributed by atoms with E-state index in [-0.39, 0.29) is 11.8 Å². The highest BCUT2D eigenvalue weighted by Crippen LogP contribution is 2.28. The minimum atomic E-state index is -0.482. The lowest BCUT2D eigenvalue weighted by atomic mass is 10.1. The Kier molecular flexibility index (Phi) is 4.74. The number of methoxy groups -OCH3 is 1. The Hall–Kier alpha value is -1.87. The maximum atomic E-state index is 11.6. The van der Waals surface area contributed by atoms with Gasteiger partial charge in [-0.05, 0) is 29.3 Å². The first-order valence-electron chi connectivity index (χ1n) is 6.92. The van der Waals surface area contributed by atoms with Gasteiger partial charge >= 0.3 is 5.97 Å². The SMILES string of the molecule is COC(=O)c1occc1CSc1nnnn1C1CCOCC1. The summed E-state index contributed by atoms with van der Waals surface area (Å²) in [7, 11) is 1.33. The number of tetrazole rings is 1. The Balaban J connectivity index is 1.68. The maximum Gasteiger partial charge on any atom is 0.374 e. The molecule has 0 radical (unpaired) electrons. The third kappa shape index (κ3) is 3.14. The molecule has 1 aliphatic heterocycles. The topological polar surface area (TPSA) is 92.3 Å². The number of esters is 1. The predicted molar refractivity (Wildman–Crippen MR) is 76.5 cm³/mol. The van der Waals surface area contributed by atoms with Crippen LogP contribution in [0.3, 0.4) is 0 Å². The monoisotopic (exact) mass is 324 g/mol. The summed E-state index contributed by atoms with van der Waals surface area (Å²) in [5.74, 6) is 0.273. The summed E-state index contributed by atoms with van der Waals surface area (Å²) < 4.78 is 17.1. The van der Waals surface area contributed by atoms with Crippen LogP contribution in [0.25, 0.3) is 0 Å². The van der Waals surface area contributed by atoms with Crippen molar-refractivity contribution in [2.45, 2.75) is 29.8 Å². The van der Waals surface area contributed by atoms with Gasteiger partial charge in [0.1, 0.15) is 0 Å². The van der Waals surface area contributed by atoms with E-state index >= 15 is 0 Å². The molecule has 0 aromatic carbocycles. The van der Waals surface area contributed by atoms with Gasteiger partial charge in [-0.15, -0.1) is 5.10 Å². The van der Waals surface area contributed by atoms with Crippen molar-refractivity contribution in [2.75, 3.05) is 20.3 Å². The van der Waals surface area contributed by atoms with Gasteiger partial charge in [-0.25, -0.2) is 9.48 Å². The van der Waals surface area contributed by atoms with Crippen LogP contribution in [0.15, 0.2) is 21.9 Å². The van der Waals surface area contributed by atoms with E-state index in [2.05, 4.69) is 20.3 Å². The molecule has 118 valence electrons. The van der Waals surface area contributed by atoms with Crippen molar-refractivity contribution >= 4 is 17.7 Å². The Bertz CT molecular complexity index is 636. The summed E-state index contributed by atoms with van der Waals surface area (Å²) in [5.41, 5.74) is 0.762. The van der Waals surface area contributed by atoms with E-state index in [4.69, 9.17) is 9.15 Å². The van der Waals surface area contributed by atoms with E-state index in [1.165, 1.54) is 25.1 Å². The molecule has 1 saturated heterocycles. The van der Waals surface area contributed by atoms with E-state index in [9.17, 15) is 4.79 Å². The van der Waals surface area contributed by atoms with Crippen molar-refractivity contribution in [3.63, 3.8) is 0 Å². The summed E-state index contributed by atoms with van der Waals surface area (Å²) in [6, 6.07) is 2.01. The van der Waals surface area contributed by atoms with Crippen LogP contribution in [0.4, 0.5) is 0 Å². The summed E-state index contributed by atoms with van der Waals surface area (Å²) in [6.45, 7) is 1.45. The molecule has 0 spiro atoms. The molecule has 3 rings (SSSR count). The standard InChI is InChI=1S/C13H16N4O4S/c1-19-12(18)11-9(2-7-21-11)8-22-13-14-15-16-17(13)10-3-5-20-6-4-10/h2,7,10H,3-6,8H2,1H3. The molecule has 2 aromatic heterocycles. The third-order valence-electron chi connectivity index (χ3n) is 3.47. The summed E-state index contributed by atoms with van der Waals surface area (Å²) in [4.78, 5) is 11.6. The minimum Gasteiger partial charge on any atom is -0.463 e. The predicted octanol–water partition coefficient (Wildman–Crippen LogP) is 1.70. The van der Waals surface area contributed by atoms with Gasteiger partial charge in [0.25, 0.3) is 0 Å². The zero-order valence-corrected chi connectivity index (χ0v) is 12.9. The second-order valence-electron chi connectivity index (χ2n) is 4.80. The van der Waals surface area contributed by atoms with Gasteiger partial charge in [-0.1, -0.05) is 11.8 Å². The Labute approximate surface area is 131 Å². The van der Waals surface area contributed by atoms with Gasteiger partial charge in [-0.2, -0.15) is 0 Å². The van der Waals surface area contributed by atoms with E-state index in [1.54, 1.807) is 6.07 Å². The molecule has 9 heteroatoms. The average Bonchev–Trinajstić information content (AvgIpc) is 3.21. The summed E-state index contributed by atoms with van der Waals surface area (Å²) >= 11 is 1.47. The number of carbonyl (C=O) groups excluding carboxylic acids is 1. The fourth-order valence-corrected chi connectivity index (χ4v) is 3.23. The number of thioether (sulfide) groups is 1. The van der Waals surface area contributed by atoms with Crippen molar-refractivity contribution in [1.29, 1.82) is 0 Å². The second kappa shape index (κ2) is 6.93. The van der Waals surface area contributed by atoms with Crippen LogP contribution >= 0.6 is 11.8 Å². The van der Waals surface area contributed by atoms with Gasteiger partial charge in [-0.3, -0.25) is 0 Å². The molecule has 0 atom stereocenters. The van der Waals surface area contributed by atoms with Crippen LogP contribution in [0, 0.1) is 0 Å². The molecular formula is C13H16N4O4S. The Morgan fingerprint density at radius 2 is 2.32 bits per heavy atom. The van der Waals surface area contributed by atoms with Crippen molar-refractivity contribution in [1.82, 2.24) is 20.2 Å². The first-order valence-corrected chi connectivity index (χ1v) is 7.91. The number of hydrogen-bond acceptors (Lipinski definition) is 8. The minimum absolute atomic E-state index is 0.222. The second-order valence-corrected chi connectivity index (χ2v) is 5.75. The van der Waals surface area contributed by atoms with Crippen LogP contribution in [0.1, 0.15) is 35.0 Å². The lowest BCUT2D eigenvalue weighted by molar-refractivity contribution is 0.0563. The Morgan fingerprint density at radius 1 is 1.50 bits per heavy atom. The first kappa shape index (κ1) is 15.0. The number of carbonyl (C=O) groups is 1. The molecule has 3 heterocycles. The van der Waals surface area contributed by atoms with Crippen LogP contribution < -0.4 is 0 Å². The highest BCUT2D eigenvalue weighted by molar-refractivity contribution is 7.98. The number of ether oxygens (including phenoxy) is 2. The van der Waals surface area contributed by atoms with Crippen LogP contribution in [-0.4, -0.2) is 46.5 Å². The Morgan fingerprint density at radius 3 is 3.09 bits per heavy atom. The highest BCUT2D eigenvalue weighted by Gasteiger charge is 2.22. The molecule has 0 amide bonds. The highest BCUT2D eigenvalue weighted by atomic mass is 32.2. The van der Waals surface area contributed by atoms with Crippen molar-refractivity contribution in [3.8, 4) is 0 Å². The zero-order valence-electron chi connectivity index (χ0n) is 12.1. The zero-order chi connectivity index (χ0) is 15.4. The van der Waals surface area contributed by atoms with Crippen molar-refractivity contribution in [2.24, 2.45) is 0 Å². The van der Waals surface area contributed by atoms with Gasteiger partial charge in [0.05, 0.1) is 19.4 Å². The maximum absolute atomic E-state index is 11.6. The molecule has 0 saturated carbocycles. The molecule has 0 aliphatic carbocycles. The van der Waals surface area contributed by atoms with Crippen LogP contribution in [0.2, 0.25) is 0 Å². The number of hydrogen-bond donors (Lipinski definition) is 0. The molecule has 8 nitrogen and oxygen atoms in total. The summed E-state index contributed by atoms with van der Waals surface area (Å²) in [6.07, 6.45) is 3.28. The van der Waals surface area contributed by atoms with Gasteiger partial charge in [0.2, 0.25) is 10.9 Å². The normalized spacial score (nSPS) is 15.9. The molecule has 1 fully saturated rings. The molecule has 22 heavy (non-hydrogen) atoms. The molecule has 0 bridgehead atoms. The number of aromatic nitrogens is 4. The molecular weight excluding hydrogens is 308 g/mol. The van der Waals surface area contributed by atoms with Crippen molar-refractivity contribution in [3.05, 3.63) is 23.7 Å². The lowest BCUT2D eigenvalue weighted by Gasteiger charge is -2.22. The average molecular weight is 324 g/mol. The number of furan rings is 1. The molecule has 0 unspecified atom stereocenters. The van der Waals surface area contributed by atoms with Crippen LogP contribution in [0.5, 0.6) is 0 Å². The first-order chi connectivity index (χ1) is 10.8. The lowest BCUT2D eigenvalue weighted by Crippen LogP contribution is -2.21. The quantitative estimate of drug-likeness (QED) is 0.606. The van der Waals surface area contributed by atoms with E-state index in [1.807, 2.05) is 4.68 Å². The summed E-state index contributed by atoms with van der Waals surface area (Å²) in [5, 5.41) is 12.6. The van der Waals surface area contributed by atoms with E-state index < -0.39 is 5.97 Å². The van der Waals surface area contributed by atoms with E-state index in [0.717, 1.165) is 36.8 Å². The smallest absolute Gasteiger partial charge is 0.374 e. The van der Waals surface area contributed by atoms with Gasteiger partial charge in [0, 0.05) is 24.5 Å². The van der Waals surface area contributed by atoms with E-state index in [0.29, 0.717) is 5.75 Å². The van der Waals surface area contributed by atoms with Crippen LogP contribution in [-0.2, 0) is 15.2 Å². The van der Waals surface area contributed by atoms with Crippen molar-refractivity contribution < 1.29 is 18.7 Å². The third-order valence-corrected chi connectivity index (χ3v) is 4.46. The number of nitrogens with zero attached hydrogens (tertiary/aromatic N) is 4. The van der Waals surface area contributed by atoms with Gasteiger partial charge < -0.3 is 13.9 Å². The largest absolute Gasteiger partial charge is 0.463 e. The fraction of sp³-hybridized carbons (Fsp3) is 0.538. The molecule has 2 aromatic rings. The molecule has 0 N–H and O–H groups in total. The fourth-order valence-electron chi connectivity index (χ4n) is 2.30. The van der Waals surface area contributed by atoms with Gasteiger partial charge in [0.15, 0.2) is 0 Å². The molecule has 1 aliphatic rings. The number of rotatable bonds is 5.